The van der Waals surface area contributed by atoms with E-state index in [1.165, 1.54) is 20.8 Å². The molecule has 21 heavy (non-hydrogen) atoms. The molecule has 1 rings (SSSR count). The predicted octanol–water partition coefficient (Wildman–Crippen LogP) is -1.39. The first-order chi connectivity index (χ1) is 9.56. The van der Waals surface area contributed by atoms with Crippen molar-refractivity contribution in [3.05, 3.63) is 11.4 Å². The van der Waals surface area contributed by atoms with Crippen molar-refractivity contribution >= 4 is 16.0 Å². The highest BCUT2D eigenvalue weighted by Crippen LogP contribution is 2.21. The number of aliphatic hydroxyl groups is 2. The fourth-order valence-corrected chi connectivity index (χ4v) is 3.65. The van der Waals surface area contributed by atoms with Crippen LogP contribution in [0.4, 0.5) is 0 Å². The van der Waals surface area contributed by atoms with E-state index in [2.05, 4.69) is 9.82 Å². The third-order valence-electron chi connectivity index (χ3n) is 2.95. The minimum atomic E-state index is -4.06. The number of nitrogens with zero attached hydrogens (tertiary/aromatic N) is 2. The van der Waals surface area contributed by atoms with Gasteiger partial charge in [-0.25, -0.2) is 13.1 Å². The molecule has 9 nitrogen and oxygen atoms in total. The highest BCUT2D eigenvalue weighted by molar-refractivity contribution is 7.89. The van der Waals surface area contributed by atoms with Gasteiger partial charge in [-0.1, -0.05) is 0 Å². The molecule has 0 aliphatic rings. The Hall–Kier alpha value is -1.49. The SMILES string of the molecule is Cc1nn(CC(=O)O)c(C)c1S(=O)(=O)NC(C)(CO)CO. The topological polar surface area (TPSA) is 142 Å². The largest absolute Gasteiger partial charge is 0.480 e. The molecule has 0 saturated carbocycles. The minimum Gasteiger partial charge on any atom is -0.480 e. The molecule has 0 aliphatic heterocycles. The fourth-order valence-electron chi connectivity index (χ4n) is 1.84. The van der Waals surface area contributed by atoms with Gasteiger partial charge in [-0.2, -0.15) is 5.10 Å². The van der Waals surface area contributed by atoms with Crippen LogP contribution in [-0.4, -0.2) is 58.2 Å². The van der Waals surface area contributed by atoms with E-state index < -0.39 is 41.3 Å². The molecule has 0 aromatic carbocycles. The number of hydrogen-bond acceptors (Lipinski definition) is 6. The molecular formula is C11H19N3O6S. The van der Waals surface area contributed by atoms with Crippen molar-refractivity contribution in [3.8, 4) is 0 Å². The van der Waals surface area contributed by atoms with E-state index in [0.717, 1.165) is 4.68 Å². The van der Waals surface area contributed by atoms with Crippen LogP contribution in [0.5, 0.6) is 0 Å². The lowest BCUT2D eigenvalue weighted by Gasteiger charge is -2.25. The van der Waals surface area contributed by atoms with Crippen molar-refractivity contribution in [1.82, 2.24) is 14.5 Å². The van der Waals surface area contributed by atoms with Crippen molar-refractivity contribution in [2.45, 2.75) is 37.8 Å². The molecule has 0 spiro atoms. The second-order valence-electron chi connectivity index (χ2n) is 5.03. The summed E-state index contributed by atoms with van der Waals surface area (Å²) in [7, 11) is -4.06. The van der Waals surface area contributed by atoms with Crippen molar-refractivity contribution in [2.75, 3.05) is 13.2 Å². The summed E-state index contributed by atoms with van der Waals surface area (Å²) in [6, 6.07) is 0. The van der Waals surface area contributed by atoms with Crippen molar-refractivity contribution in [1.29, 1.82) is 0 Å². The summed E-state index contributed by atoms with van der Waals surface area (Å²) >= 11 is 0. The molecule has 0 saturated heterocycles. The number of carboxylic acid groups (broad SMARTS) is 1. The number of carboxylic acids is 1. The number of rotatable bonds is 7. The average molecular weight is 321 g/mol. The first-order valence-corrected chi connectivity index (χ1v) is 7.56. The third-order valence-corrected chi connectivity index (χ3v) is 4.84. The van der Waals surface area contributed by atoms with Gasteiger partial charge in [0.25, 0.3) is 0 Å². The van der Waals surface area contributed by atoms with Gasteiger partial charge in [0.2, 0.25) is 10.0 Å². The molecule has 0 aliphatic carbocycles. The molecule has 1 aromatic heterocycles. The highest BCUT2D eigenvalue weighted by atomic mass is 32.2. The zero-order valence-corrected chi connectivity index (χ0v) is 12.8. The van der Waals surface area contributed by atoms with Gasteiger partial charge in [-0.05, 0) is 20.8 Å². The van der Waals surface area contributed by atoms with Gasteiger partial charge < -0.3 is 15.3 Å². The third kappa shape index (κ3) is 3.79. The quantitative estimate of drug-likeness (QED) is 0.484. The lowest BCUT2D eigenvalue weighted by Crippen LogP contribution is -2.51. The summed E-state index contributed by atoms with van der Waals surface area (Å²) in [5, 5.41) is 31.0. The Morgan fingerprint density at radius 3 is 2.29 bits per heavy atom. The van der Waals surface area contributed by atoms with Crippen LogP contribution >= 0.6 is 0 Å². The summed E-state index contributed by atoms with van der Waals surface area (Å²) in [4.78, 5) is 10.6. The Kier molecular flexibility index (Phi) is 5.10. The summed E-state index contributed by atoms with van der Waals surface area (Å²) < 4.78 is 28.0. The minimum absolute atomic E-state index is 0.138. The number of aliphatic carboxylic acids is 1. The van der Waals surface area contributed by atoms with Gasteiger partial charge in [0, 0.05) is 0 Å². The maximum atomic E-state index is 12.4. The van der Waals surface area contributed by atoms with Crippen LogP contribution in [0.25, 0.3) is 0 Å². The maximum Gasteiger partial charge on any atom is 0.325 e. The number of aryl methyl sites for hydroxylation is 1. The Balaban J connectivity index is 3.27. The zero-order chi connectivity index (χ0) is 16.4. The fraction of sp³-hybridized carbons (Fsp3) is 0.636. The number of aliphatic hydroxyl groups excluding tert-OH is 2. The van der Waals surface area contributed by atoms with E-state index >= 15 is 0 Å². The van der Waals surface area contributed by atoms with Gasteiger partial charge in [0.1, 0.15) is 11.4 Å². The van der Waals surface area contributed by atoms with E-state index in [9.17, 15) is 23.4 Å². The Morgan fingerprint density at radius 2 is 1.86 bits per heavy atom. The standard InChI is InChI=1S/C11H19N3O6S/c1-7-10(8(2)14(12-7)4-9(17)18)21(19,20)13-11(3,5-15)6-16/h13,15-16H,4-6H2,1-3H3,(H,17,18). The first-order valence-electron chi connectivity index (χ1n) is 6.08. The maximum absolute atomic E-state index is 12.4. The van der Waals surface area contributed by atoms with Gasteiger partial charge in [0.05, 0.1) is 30.1 Å². The summed E-state index contributed by atoms with van der Waals surface area (Å²) in [5.74, 6) is -1.15. The van der Waals surface area contributed by atoms with Gasteiger partial charge in [0.15, 0.2) is 0 Å². The molecule has 10 heteroatoms. The van der Waals surface area contributed by atoms with Crippen LogP contribution in [0.15, 0.2) is 4.90 Å². The molecular weight excluding hydrogens is 302 g/mol. The normalized spacial score (nSPS) is 12.6. The Morgan fingerprint density at radius 1 is 1.33 bits per heavy atom. The summed E-state index contributed by atoms with van der Waals surface area (Å²) in [5.41, 5.74) is -1.12. The van der Waals surface area contributed by atoms with E-state index in [1.54, 1.807) is 0 Å². The predicted molar refractivity (Wildman–Crippen MR) is 72.2 cm³/mol. The second kappa shape index (κ2) is 6.10. The number of carbonyl (C=O) groups is 1. The molecule has 0 amide bonds. The van der Waals surface area contributed by atoms with Gasteiger partial charge in [-0.15, -0.1) is 0 Å². The van der Waals surface area contributed by atoms with Crippen LogP contribution in [-0.2, 0) is 21.4 Å². The molecule has 0 fully saturated rings. The molecule has 0 atom stereocenters. The van der Waals surface area contributed by atoms with Crippen LogP contribution < -0.4 is 4.72 Å². The monoisotopic (exact) mass is 321 g/mol. The van der Waals surface area contributed by atoms with E-state index in [-0.39, 0.29) is 16.3 Å². The van der Waals surface area contributed by atoms with Crippen LogP contribution in [0.1, 0.15) is 18.3 Å². The summed E-state index contributed by atoms with van der Waals surface area (Å²) in [6.07, 6.45) is 0. The Bertz CT molecular complexity index is 633. The summed E-state index contributed by atoms with van der Waals surface area (Å²) in [6.45, 7) is 2.58. The first kappa shape index (κ1) is 17.6. The molecule has 4 N–H and O–H groups in total. The Labute approximate surface area is 122 Å². The lowest BCUT2D eigenvalue weighted by molar-refractivity contribution is -0.137. The molecule has 1 aromatic rings. The highest BCUT2D eigenvalue weighted by Gasteiger charge is 2.33. The van der Waals surface area contributed by atoms with Gasteiger partial charge in [-0.3, -0.25) is 9.48 Å². The van der Waals surface area contributed by atoms with E-state index in [0.29, 0.717) is 0 Å². The molecule has 0 unspecified atom stereocenters. The number of aromatic nitrogens is 2. The van der Waals surface area contributed by atoms with Crippen molar-refractivity contribution < 1.29 is 28.5 Å². The van der Waals surface area contributed by atoms with Crippen molar-refractivity contribution in [3.63, 3.8) is 0 Å². The molecule has 0 bridgehead atoms. The zero-order valence-electron chi connectivity index (χ0n) is 12.0. The van der Waals surface area contributed by atoms with Crippen LogP contribution in [0, 0.1) is 13.8 Å². The molecule has 0 radical (unpaired) electrons. The van der Waals surface area contributed by atoms with Crippen LogP contribution in [0.3, 0.4) is 0 Å². The second-order valence-corrected chi connectivity index (χ2v) is 6.65. The number of nitrogens with one attached hydrogen (secondary N) is 1. The van der Waals surface area contributed by atoms with Crippen molar-refractivity contribution in [2.24, 2.45) is 0 Å². The average Bonchev–Trinajstić information content (AvgIpc) is 2.63. The number of hydrogen-bond donors (Lipinski definition) is 4. The smallest absolute Gasteiger partial charge is 0.325 e. The lowest BCUT2D eigenvalue weighted by atomic mass is 10.1. The number of sulfonamides is 1. The molecule has 120 valence electrons. The van der Waals surface area contributed by atoms with Gasteiger partial charge >= 0.3 is 5.97 Å². The van der Waals surface area contributed by atoms with Crippen LogP contribution in [0.2, 0.25) is 0 Å². The van der Waals surface area contributed by atoms with E-state index in [1.807, 2.05) is 0 Å². The molecule has 1 heterocycles. The van der Waals surface area contributed by atoms with E-state index in [4.69, 9.17) is 5.11 Å².